The second-order valence-electron chi connectivity index (χ2n) is 15.3. The summed E-state index contributed by atoms with van der Waals surface area (Å²) in [5, 5.41) is 11.9. The molecule has 272 valence electrons. The van der Waals surface area contributed by atoms with E-state index in [2.05, 4.69) is 4.98 Å². The van der Waals surface area contributed by atoms with Crippen LogP contribution < -0.4 is 5.56 Å². The molecule has 2 saturated heterocycles. The second-order valence-corrected chi connectivity index (χ2v) is 15.7. The molecule has 11 nitrogen and oxygen atoms in total. The lowest BCUT2D eigenvalue weighted by molar-refractivity contribution is -0.165. The van der Waals surface area contributed by atoms with Crippen LogP contribution in [0.1, 0.15) is 71.0 Å². The Hall–Kier alpha value is -3.62. The summed E-state index contributed by atoms with van der Waals surface area (Å²) in [5.74, 6) is -2.20. The molecule has 1 aliphatic carbocycles. The minimum atomic E-state index is -4.42. The van der Waals surface area contributed by atoms with Gasteiger partial charge in [-0.3, -0.25) is 23.6 Å². The van der Waals surface area contributed by atoms with E-state index >= 15 is 0 Å². The molecule has 4 atom stereocenters. The summed E-state index contributed by atoms with van der Waals surface area (Å²) in [6.45, 7) is 11.4. The molecule has 0 radical (unpaired) electrons. The third kappa shape index (κ3) is 6.85. The van der Waals surface area contributed by atoms with E-state index in [1.54, 1.807) is 9.47 Å². The summed E-state index contributed by atoms with van der Waals surface area (Å²) in [4.78, 5) is 47.3. The molecule has 4 heterocycles. The third-order valence-electron chi connectivity index (χ3n) is 10.2. The van der Waals surface area contributed by atoms with E-state index in [0.717, 1.165) is 11.1 Å². The number of fused-ring (bicyclic) bond motifs is 1. The molecule has 0 bridgehead atoms. The number of halogens is 4. The molecule has 1 aromatic carbocycles. The van der Waals surface area contributed by atoms with Crippen molar-refractivity contribution < 1.29 is 37.3 Å². The van der Waals surface area contributed by atoms with Crippen molar-refractivity contribution in [1.82, 2.24) is 23.9 Å². The van der Waals surface area contributed by atoms with Crippen molar-refractivity contribution in [2.45, 2.75) is 96.9 Å². The third-order valence-corrected chi connectivity index (χ3v) is 10.5. The van der Waals surface area contributed by atoms with Gasteiger partial charge in [-0.25, -0.2) is 9.78 Å². The summed E-state index contributed by atoms with van der Waals surface area (Å²) >= 11 is 6.68. The number of hydrogen-bond acceptors (Lipinski definition) is 7. The van der Waals surface area contributed by atoms with E-state index in [9.17, 15) is 32.7 Å². The van der Waals surface area contributed by atoms with Crippen LogP contribution >= 0.6 is 11.6 Å². The number of aromatic nitrogens is 3. The molecular formula is C35H43ClF3N5O6. The van der Waals surface area contributed by atoms with E-state index in [-0.39, 0.29) is 61.6 Å². The summed E-state index contributed by atoms with van der Waals surface area (Å²) in [5.41, 5.74) is -1.20. The van der Waals surface area contributed by atoms with E-state index in [1.807, 2.05) is 52.8 Å². The Kier molecular flexibility index (Phi) is 9.08. The van der Waals surface area contributed by atoms with Gasteiger partial charge in [0.1, 0.15) is 17.1 Å². The number of amides is 2. The van der Waals surface area contributed by atoms with Gasteiger partial charge in [0.25, 0.3) is 5.56 Å². The van der Waals surface area contributed by atoms with Crippen molar-refractivity contribution in [2.75, 3.05) is 26.2 Å². The van der Waals surface area contributed by atoms with Gasteiger partial charge < -0.3 is 19.5 Å². The van der Waals surface area contributed by atoms with Gasteiger partial charge in [-0.1, -0.05) is 24.6 Å². The van der Waals surface area contributed by atoms with Crippen LogP contribution in [0.25, 0.3) is 16.7 Å². The fraction of sp³-hybridized carbons (Fsp3) is 0.600. The molecule has 0 spiro atoms. The van der Waals surface area contributed by atoms with E-state index in [4.69, 9.17) is 21.1 Å². The molecule has 3 aromatic rings. The molecule has 15 heteroatoms. The minimum absolute atomic E-state index is 0.0824. The number of benzene rings is 1. The fourth-order valence-electron chi connectivity index (χ4n) is 7.24. The molecule has 1 N–H and O–H groups in total. The summed E-state index contributed by atoms with van der Waals surface area (Å²) < 4.78 is 54.2. The van der Waals surface area contributed by atoms with Crippen LogP contribution in [0.4, 0.5) is 18.0 Å². The number of rotatable bonds is 5. The highest BCUT2D eigenvalue weighted by atomic mass is 35.5. The number of morpholine rings is 1. The maximum Gasteiger partial charge on any atom is 0.410 e. The fourth-order valence-corrected chi connectivity index (χ4v) is 7.53. The summed E-state index contributed by atoms with van der Waals surface area (Å²) in [6, 6.07) is 6.78. The van der Waals surface area contributed by atoms with Gasteiger partial charge in [-0.05, 0) is 83.2 Å². The Balaban J connectivity index is 1.19. The minimum Gasteiger partial charge on any atom is -0.444 e. The highest BCUT2D eigenvalue weighted by Gasteiger charge is 2.68. The topological polar surface area (TPSA) is 119 Å². The van der Waals surface area contributed by atoms with Gasteiger partial charge in [-0.2, -0.15) is 13.2 Å². The van der Waals surface area contributed by atoms with Gasteiger partial charge in [0, 0.05) is 18.8 Å². The van der Waals surface area contributed by atoms with E-state index in [1.165, 1.54) is 28.8 Å². The largest absolute Gasteiger partial charge is 0.444 e. The number of aliphatic hydroxyl groups is 1. The molecular weight excluding hydrogens is 679 g/mol. The van der Waals surface area contributed by atoms with Gasteiger partial charge in [0.05, 0.1) is 54.2 Å². The van der Waals surface area contributed by atoms with Crippen molar-refractivity contribution in [2.24, 2.45) is 11.3 Å². The predicted octanol–water partition coefficient (Wildman–Crippen LogP) is 5.79. The smallest absolute Gasteiger partial charge is 0.410 e. The first kappa shape index (κ1) is 36.2. The summed E-state index contributed by atoms with van der Waals surface area (Å²) in [7, 11) is 0. The molecule has 3 aliphatic rings. The quantitative estimate of drug-likeness (QED) is 0.355. The Labute approximate surface area is 292 Å². The molecule has 2 aliphatic heterocycles. The molecule has 1 saturated carbocycles. The average molecular weight is 722 g/mol. The van der Waals surface area contributed by atoms with Crippen LogP contribution in [0.3, 0.4) is 0 Å². The number of hydrogen-bond donors (Lipinski definition) is 1. The Morgan fingerprint density at radius 2 is 1.84 bits per heavy atom. The van der Waals surface area contributed by atoms with Gasteiger partial charge in [0.15, 0.2) is 5.65 Å². The number of aryl methyl sites for hydroxylation is 1. The first-order valence-electron chi connectivity index (χ1n) is 16.8. The van der Waals surface area contributed by atoms with Crippen LogP contribution in [0.5, 0.6) is 0 Å². The highest BCUT2D eigenvalue weighted by Crippen LogP contribution is 2.61. The van der Waals surface area contributed by atoms with E-state index in [0.29, 0.717) is 24.5 Å². The highest BCUT2D eigenvalue weighted by molar-refractivity contribution is 6.31. The van der Waals surface area contributed by atoms with Crippen LogP contribution in [0.2, 0.25) is 5.15 Å². The van der Waals surface area contributed by atoms with Crippen LogP contribution in [0, 0.1) is 18.3 Å². The van der Waals surface area contributed by atoms with Gasteiger partial charge in [0.2, 0.25) is 5.91 Å². The molecule has 3 fully saturated rings. The monoisotopic (exact) mass is 721 g/mol. The zero-order chi connectivity index (χ0) is 36.6. The maximum atomic E-state index is 13.6. The number of carbonyl (C=O) groups excluding carboxylic acids is 2. The Morgan fingerprint density at radius 1 is 1.16 bits per heavy atom. The molecule has 2 aromatic heterocycles. The molecule has 6 rings (SSSR count). The molecule has 0 unspecified atom stereocenters. The van der Waals surface area contributed by atoms with Gasteiger partial charge >= 0.3 is 12.3 Å². The van der Waals surface area contributed by atoms with Crippen LogP contribution in [-0.4, -0.2) is 90.7 Å². The zero-order valence-electron chi connectivity index (χ0n) is 29.0. The number of carbonyl (C=O) groups is 2. The van der Waals surface area contributed by atoms with Crippen molar-refractivity contribution in [3.63, 3.8) is 0 Å². The predicted molar refractivity (Wildman–Crippen MR) is 179 cm³/mol. The average Bonchev–Trinajstić information content (AvgIpc) is 3.62. The summed E-state index contributed by atoms with van der Waals surface area (Å²) in [6.07, 6.45) is -3.69. The SMILES string of the molecule is Cc1cc(-n2c(Cl)cc3c(=O)n(CC4(O)CCN(C(=O)[C@@]5(C)C[C@@H]5C(F)(F)F)CC4)cnc32)ccc1[C@H]1CO[C@H](C)CN1C(=O)OC(C)(C)C. The number of piperidine rings is 1. The van der Waals surface area contributed by atoms with E-state index < -0.39 is 46.3 Å². The molecule has 2 amide bonds. The first-order chi connectivity index (χ1) is 23.2. The zero-order valence-corrected chi connectivity index (χ0v) is 29.8. The standard InChI is InChI=1S/C35H43ClF3N5O6/c1-20-13-22(7-8-23(20)25-17-49-21(2)16-43(25)31(47)50-32(3,4)5)44-27(36)14-24-28(44)40-19-42(29(24)45)18-34(48)9-11-41(12-10-34)30(46)33(6)15-26(33)35(37,38)39/h7-8,13-14,19,21,25-26,48H,9-12,15-18H2,1-6H3/t21-,25-,26+,33+/m1/s1. The van der Waals surface area contributed by atoms with Gasteiger partial charge in [-0.15, -0.1) is 0 Å². The Bertz CT molecular complexity index is 1880. The lowest BCUT2D eigenvalue weighted by Gasteiger charge is -2.40. The number of ether oxygens (including phenoxy) is 2. The maximum absolute atomic E-state index is 13.6. The van der Waals surface area contributed by atoms with Crippen molar-refractivity contribution in [3.8, 4) is 5.69 Å². The first-order valence-corrected chi connectivity index (χ1v) is 17.2. The lowest BCUT2D eigenvalue weighted by Crippen LogP contribution is -2.51. The second kappa shape index (κ2) is 12.6. The van der Waals surface area contributed by atoms with Crippen LogP contribution in [0.15, 0.2) is 35.4 Å². The number of likely N-dealkylation sites (tertiary alicyclic amines) is 1. The number of nitrogens with zero attached hydrogens (tertiary/aromatic N) is 5. The van der Waals surface area contributed by atoms with Crippen molar-refractivity contribution in [1.29, 1.82) is 0 Å². The lowest BCUT2D eigenvalue weighted by atomic mass is 9.90. The normalized spacial score (nSPS) is 25.5. The van der Waals surface area contributed by atoms with Crippen molar-refractivity contribution >= 4 is 34.6 Å². The van der Waals surface area contributed by atoms with Crippen LogP contribution in [-0.2, 0) is 20.8 Å². The van der Waals surface area contributed by atoms with Crippen molar-refractivity contribution in [3.05, 3.63) is 57.2 Å². The number of alkyl halides is 3. The Morgan fingerprint density at radius 3 is 2.44 bits per heavy atom. The molecule has 50 heavy (non-hydrogen) atoms.